The van der Waals surface area contributed by atoms with Gasteiger partial charge in [0.25, 0.3) is 0 Å². The molecule has 0 radical (unpaired) electrons. The van der Waals surface area contributed by atoms with Crippen LogP contribution in [0.1, 0.15) is 31.7 Å². The molecular weight excluding hydrogens is 447 g/mol. The second-order valence-electron chi connectivity index (χ2n) is 8.21. The van der Waals surface area contributed by atoms with Crippen LogP contribution in [0.25, 0.3) is 33.0 Å². The number of fused-ring (bicyclic) bond motifs is 1. The van der Waals surface area contributed by atoms with Gasteiger partial charge in [-0.05, 0) is 53.1 Å². The molecule has 0 bridgehead atoms. The van der Waals surface area contributed by atoms with Crippen molar-refractivity contribution in [2.75, 3.05) is 0 Å². The normalized spacial score (nSPS) is 11.7. The predicted octanol–water partition coefficient (Wildman–Crippen LogP) is 9.08. The summed E-state index contributed by atoms with van der Waals surface area (Å²) in [7, 11) is 0. The Bertz CT molecular complexity index is 1290. The summed E-state index contributed by atoms with van der Waals surface area (Å²) in [6.45, 7) is 2.15. The molecule has 0 aliphatic heterocycles. The number of rotatable bonds is 7. The monoisotopic (exact) mass is 470 g/mol. The summed E-state index contributed by atoms with van der Waals surface area (Å²) in [5, 5.41) is 1.27. The van der Waals surface area contributed by atoms with Crippen molar-refractivity contribution in [2.24, 2.45) is 0 Å². The first kappa shape index (κ1) is 23.7. The average molecular weight is 470 g/mol. The van der Waals surface area contributed by atoms with E-state index in [1.54, 1.807) is 18.2 Å². The first-order chi connectivity index (χ1) is 16.2. The second-order valence-corrected chi connectivity index (χ2v) is 8.21. The van der Waals surface area contributed by atoms with E-state index < -0.39 is 18.0 Å². The van der Waals surface area contributed by atoms with Crippen LogP contribution in [0, 0.1) is 11.6 Å². The number of hydrogen-bond acceptors (Lipinski definition) is 1. The number of halogens is 5. The highest BCUT2D eigenvalue weighted by atomic mass is 19.4. The van der Waals surface area contributed by atoms with Crippen LogP contribution in [-0.2, 0) is 6.42 Å². The van der Waals surface area contributed by atoms with E-state index >= 15 is 4.39 Å². The molecule has 0 spiro atoms. The Morgan fingerprint density at radius 2 is 1.44 bits per heavy atom. The van der Waals surface area contributed by atoms with Crippen molar-refractivity contribution < 1.29 is 26.7 Å². The Kier molecular flexibility index (Phi) is 6.87. The fourth-order valence-corrected chi connectivity index (χ4v) is 4.05. The fraction of sp³-hybridized carbons (Fsp3) is 0.214. The lowest BCUT2D eigenvalue weighted by atomic mass is 9.96. The van der Waals surface area contributed by atoms with Crippen LogP contribution < -0.4 is 4.74 Å². The van der Waals surface area contributed by atoms with E-state index in [4.69, 9.17) is 0 Å². The maximum absolute atomic E-state index is 15.3. The predicted molar refractivity (Wildman–Crippen MR) is 125 cm³/mol. The minimum atomic E-state index is -4.80. The number of ether oxygens (including phenoxy) is 1. The summed E-state index contributed by atoms with van der Waals surface area (Å²) in [5.74, 6) is -1.41. The van der Waals surface area contributed by atoms with Crippen molar-refractivity contribution in [2.45, 2.75) is 39.0 Å². The summed E-state index contributed by atoms with van der Waals surface area (Å²) < 4.78 is 71.1. The van der Waals surface area contributed by atoms with Gasteiger partial charge < -0.3 is 4.74 Å². The minimum Gasteiger partial charge on any atom is -0.406 e. The van der Waals surface area contributed by atoms with Gasteiger partial charge in [0.2, 0.25) is 0 Å². The lowest BCUT2D eigenvalue weighted by Gasteiger charge is -2.12. The molecule has 0 N–H and O–H groups in total. The molecule has 4 aromatic rings. The van der Waals surface area contributed by atoms with Gasteiger partial charge in [0, 0.05) is 16.5 Å². The lowest BCUT2D eigenvalue weighted by Crippen LogP contribution is -2.16. The zero-order chi connectivity index (χ0) is 24.3. The van der Waals surface area contributed by atoms with Crippen LogP contribution in [0.3, 0.4) is 0 Å². The van der Waals surface area contributed by atoms with Crippen molar-refractivity contribution in [1.29, 1.82) is 0 Å². The SMILES string of the molecule is CCCCCc1ccc2c(F)c(-c3ccc(-c4ccc(OC(F)(F)F)cc4)c(F)c3)ccc2c1. The van der Waals surface area contributed by atoms with Crippen LogP contribution in [-0.4, -0.2) is 6.36 Å². The van der Waals surface area contributed by atoms with Gasteiger partial charge >= 0.3 is 6.36 Å². The molecule has 0 saturated heterocycles. The Hall–Kier alpha value is -3.41. The number of alkyl halides is 3. The Balaban J connectivity index is 1.60. The molecule has 34 heavy (non-hydrogen) atoms. The lowest BCUT2D eigenvalue weighted by molar-refractivity contribution is -0.274. The fourth-order valence-electron chi connectivity index (χ4n) is 4.05. The zero-order valence-electron chi connectivity index (χ0n) is 18.6. The largest absolute Gasteiger partial charge is 0.573 e. The Morgan fingerprint density at radius 3 is 2.12 bits per heavy atom. The van der Waals surface area contributed by atoms with E-state index in [-0.39, 0.29) is 16.9 Å². The third-order valence-electron chi connectivity index (χ3n) is 5.77. The van der Waals surface area contributed by atoms with Gasteiger partial charge in [-0.15, -0.1) is 13.2 Å². The quantitative estimate of drug-likeness (QED) is 0.193. The molecule has 0 fully saturated rings. The molecule has 6 heteroatoms. The standard InChI is InChI=1S/C28H23F5O/c1-2-3-4-5-18-6-13-24-20(16-18)10-15-25(27(24)30)21-9-14-23(26(29)17-21)19-7-11-22(12-8-19)34-28(31,32)33/h6-17H,2-5H2,1H3. The minimum absolute atomic E-state index is 0.195. The maximum atomic E-state index is 15.3. The van der Waals surface area contributed by atoms with E-state index in [1.807, 2.05) is 18.2 Å². The van der Waals surface area contributed by atoms with Gasteiger partial charge in [-0.25, -0.2) is 8.78 Å². The number of benzene rings is 4. The van der Waals surface area contributed by atoms with Gasteiger partial charge in [0.15, 0.2) is 0 Å². The summed E-state index contributed by atoms with van der Waals surface area (Å²) >= 11 is 0. The molecule has 0 amide bonds. The second kappa shape index (κ2) is 9.84. The van der Waals surface area contributed by atoms with E-state index in [9.17, 15) is 17.6 Å². The first-order valence-electron chi connectivity index (χ1n) is 11.1. The molecule has 1 nitrogen and oxygen atoms in total. The van der Waals surface area contributed by atoms with Gasteiger partial charge in [0.1, 0.15) is 17.4 Å². The van der Waals surface area contributed by atoms with Crippen LogP contribution in [0.4, 0.5) is 22.0 Å². The van der Waals surface area contributed by atoms with Crippen LogP contribution in [0.2, 0.25) is 0 Å². The van der Waals surface area contributed by atoms with Crippen LogP contribution in [0.15, 0.2) is 72.8 Å². The molecule has 0 atom stereocenters. The van der Waals surface area contributed by atoms with Gasteiger partial charge in [-0.1, -0.05) is 74.4 Å². The number of unbranched alkanes of at least 4 members (excludes halogenated alkanes) is 2. The van der Waals surface area contributed by atoms with Crippen molar-refractivity contribution >= 4 is 10.8 Å². The van der Waals surface area contributed by atoms with E-state index in [0.717, 1.165) is 48.8 Å². The summed E-state index contributed by atoms with van der Waals surface area (Å²) in [6, 6.07) is 18.4. The molecule has 0 aromatic heterocycles. The van der Waals surface area contributed by atoms with E-state index in [0.29, 0.717) is 16.5 Å². The molecule has 176 valence electrons. The first-order valence-corrected chi connectivity index (χ1v) is 11.1. The molecule has 0 aliphatic carbocycles. The third kappa shape index (κ3) is 5.38. The highest BCUT2D eigenvalue weighted by Crippen LogP contribution is 2.34. The summed E-state index contributed by atoms with van der Waals surface area (Å²) in [6.07, 6.45) is -0.471. The molecule has 4 rings (SSSR count). The van der Waals surface area contributed by atoms with E-state index in [1.165, 1.54) is 24.3 Å². The molecular formula is C28H23F5O. The van der Waals surface area contributed by atoms with Crippen molar-refractivity contribution in [3.63, 3.8) is 0 Å². The Morgan fingerprint density at radius 1 is 0.735 bits per heavy atom. The highest BCUT2D eigenvalue weighted by Gasteiger charge is 2.31. The average Bonchev–Trinajstić information content (AvgIpc) is 2.79. The molecule has 0 heterocycles. The van der Waals surface area contributed by atoms with Crippen molar-refractivity contribution in [3.05, 3.63) is 90.0 Å². The molecule has 4 aromatic carbocycles. The van der Waals surface area contributed by atoms with Crippen LogP contribution >= 0.6 is 0 Å². The smallest absolute Gasteiger partial charge is 0.406 e. The summed E-state index contributed by atoms with van der Waals surface area (Å²) in [4.78, 5) is 0. The van der Waals surface area contributed by atoms with Gasteiger partial charge in [-0.3, -0.25) is 0 Å². The van der Waals surface area contributed by atoms with Gasteiger partial charge in [-0.2, -0.15) is 0 Å². The zero-order valence-corrected chi connectivity index (χ0v) is 18.6. The molecule has 0 saturated carbocycles. The van der Waals surface area contributed by atoms with E-state index in [2.05, 4.69) is 11.7 Å². The maximum Gasteiger partial charge on any atom is 0.573 e. The van der Waals surface area contributed by atoms with Crippen molar-refractivity contribution in [3.8, 4) is 28.0 Å². The number of hydrogen-bond donors (Lipinski definition) is 0. The molecule has 0 unspecified atom stereocenters. The van der Waals surface area contributed by atoms with Crippen molar-refractivity contribution in [1.82, 2.24) is 0 Å². The number of aryl methyl sites for hydroxylation is 1. The molecule has 0 aliphatic rings. The Labute approximate surface area is 194 Å². The topological polar surface area (TPSA) is 9.23 Å². The summed E-state index contributed by atoms with van der Waals surface area (Å²) in [5.41, 5.74) is 2.40. The van der Waals surface area contributed by atoms with Crippen LogP contribution in [0.5, 0.6) is 5.75 Å². The van der Waals surface area contributed by atoms with Gasteiger partial charge in [0.05, 0.1) is 0 Å². The third-order valence-corrected chi connectivity index (χ3v) is 5.77. The highest BCUT2D eigenvalue weighted by molar-refractivity contribution is 5.89.